The van der Waals surface area contributed by atoms with Crippen molar-refractivity contribution in [1.29, 1.82) is 0 Å². The van der Waals surface area contributed by atoms with Gasteiger partial charge in [-0.1, -0.05) is 18.2 Å². The van der Waals surface area contributed by atoms with E-state index < -0.39 is 11.9 Å². The highest BCUT2D eigenvalue weighted by Gasteiger charge is 2.34. The predicted molar refractivity (Wildman–Crippen MR) is 79.4 cm³/mol. The van der Waals surface area contributed by atoms with Crippen molar-refractivity contribution < 1.29 is 14.7 Å². The van der Waals surface area contributed by atoms with Crippen LogP contribution in [0.4, 0.5) is 10.5 Å². The molecule has 1 unspecified atom stereocenters. The molecule has 0 saturated carbocycles. The Balaban J connectivity index is 1.80. The molecule has 0 radical (unpaired) electrons. The number of para-hydroxylation sites is 1. The number of amides is 2. The van der Waals surface area contributed by atoms with Gasteiger partial charge in [-0.3, -0.25) is 9.69 Å². The number of aliphatic carboxylic acids is 1. The number of carboxylic acids is 1. The Morgan fingerprint density at radius 1 is 1.14 bits per heavy atom. The van der Waals surface area contributed by atoms with E-state index in [4.69, 9.17) is 5.11 Å². The predicted octanol–water partition coefficient (Wildman–Crippen LogP) is 2.36. The minimum absolute atomic E-state index is 0.0481. The fourth-order valence-electron chi connectivity index (χ4n) is 3.20. The summed E-state index contributed by atoms with van der Waals surface area (Å²) in [7, 11) is 0. The van der Waals surface area contributed by atoms with E-state index in [-0.39, 0.29) is 6.03 Å². The highest BCUT2D eigenvalue weighted by Crippen LogP contribution is 2.28. The number of aryl methyl sites for hydroxylation is 1. The van der Waals surface area contributed by atoms with Gasteiger partial charge in [0.2, 0.25) is 0 Å². The Hall–Kier alpha value is -2.04. The van der Waals surface area contributed by atoms with Crippen LogP contribution >= 0.6 is 0 Å². The molecule has 1 fully saturated rings. The molecule has 1 aromatic carbocycles. The van der Waals surface area contributed by atoms with Gasteiger partial charge in [-0.15, -0.1) is 0 Å². The third kappa shape index (κ3) is 2.73. The highest BCUT2D eigenvalue weighted by atomic mass is 16.4. The first kappa shape index (κ1) is 13.9. The molecule has 112 valence electrons. The van der Waals surface area contributed by atoms with Gasteiger partial charge < -0.3 is 10.0 Å². The number of rotatable bonds is 1. The fourth-order valence-corrected chi connectivity index (χ4v) is 3.20. The van der Waals surface area contributed by atoms with E-state index in [1.807, 2.05) is 23.1 Å². The van der Waals surface area contributed by atoms with Crippen molar-refractivity contribution in [3.63, 3.8) is 0 Å². The van der Waals surface area contributed by atoms with Gasteiger partial charge in [0.15, 0.2) is 0 Å². The molecule has 1 aromatic rings. The average Bonchev–Trinajstić information content (AvgIpc) is 2.88. The largest absolute Gasteiger partial charge is 0.481 e. The van der Waals surface area contributed by atoms with Crippen LogP contribution in [0, 0.1) is 5.92 Å². The van der Waals surface area contributed by atoms with Gasteiger partial charge in [-0.05, 0) is 37.3 Å². The van der Waals surface area contributed by atoms with Crippen LogP contribution in [-0.2, 0) is 11.2 Å². The highest BCUT2D eigenvalue weighted by molar-refractivity contribution is 5.93. The third-order valence-electron chi connectivity index (χ3n) is 4.40. The second-order valence-corrected chi connectivity index (χ2v) is 5.79. The lowest BCUT2D eigenvalue weighted by atomic mass is 10.1. The van der Waals surface area contributed by atoms with Gasteiger partial charge in [-0.2, -0.15) is 0 Å². The summed E-state index contributed by atoms with van der Waals surface area (Å²) in [5.74, 6) is -1.22. The zero-order chi connectivity index (χ0) is 14.8. The number of carbonyl (C=O) groups excluding carboxylic acids is 1. The van der Waals surface area contributed by atoms with Crippen molar-refractivity contribution >= 4 is 17.7 Å². The minimum Gasteiger partial charge on any atom is -0.481 e. The lowest BCUT2D eigenvalue weighted by Gasteiger charge is -2.28. The summed E-state index contributed by atoms with van der Waals surface area (Å²) in [5.41, 5.74) is 2.19. The summed E-state index contributed by atoms with van der Waals surface area (Å²) < 4.78 is 0. The molecule has 0 aliphatic carbocycles. The Kier molecular flexibility index (Phi) is 3.82. The van der Waals surface area contributed by atoms with Crippen molar-refractivity contribution in [2.24, 2.45) is 5.92 Å². The molecule has 2 amide bonds. The summed E-state index contributed by atoms with van der Waals surface area (Å²) in [6, 6.07) is 7.97. The molecular formula is C16H20N2O3. The van der Waals surface area contributed by atoms with E-state index in [9.17, 15) is 9.59 Å². The summed E-state index contributed by atoms with van der Waals surface area (Å²) in [5, 5.41) is 9.07. The topological polar surface area (TPSA) is 60.9 Å². The van der Waals surface area contributed by atoms with Gasteiger partial charge in [0.1, 0.15) is 0 Å². The normalized spacial score (nSPS) is 21.8. The molecule has 2 aliphatic rings. The lowest BCUT2D eigenvalue weighted by molar-refractivity contribution is -0.141. The third-order valence-corrected chi connectivity index (χ3v) is 4.40. The zero-order valence-electron chi connectivity index (χ0n) is 12.0. The number of hydrogen-bond donors (Lipinski definition) is 1. The van der Waals surface area contributed by atoms with Crippen molar-refractivity contribution in [3.05, 3.63) is 29.8 Å². The number of carboxylic acid groups (broad SMARTS) is 1. The van der Waals surface area contributed by atoms with Crippen molar-refractivity contribution in [2.45, 2.75) is 25.7 Å². The van der Waals surface area contributed by atoms with Gasteiger partial charge in [-0.25, -0.2) is 4.79 Å². The molecular weight excluding hydrogens is 268 g/mol. The van der Waals surface area contributed by atoms with Crippen LogP contribution in [-0.4, -0.2) is 41.6 Å². The van der Waals surface area contributed by atoms with E-state index in [0.29, 0.717) is 26.1 Å². The van der Waals surface area contributed by atoms with E-state index in [1.54, 1.807) is 4.90 Å². The van der Waals surface area contributed by atoms with E-state index in [1.165, 1.54) is 5.56 Å². The van der Waals surface area contributed by atoms with Gasteiger partial charge in [0, 0.05) is 25.3 Å². The number of anilines is 1. The lowest BCUT2D eigenvalue weighted by Crippen LogP contribution is -2.43. The number of nitrogens with zero attached hydrogens (tertiary/aromatic N) is 2. The smallest absolute Gasteiger partial charge is 0.324 e. The quantitative estimate of drug-likeness (QED) is 0.863. The second-order valence-electron chi connectivity index (χ2n) is 5.79. The Bertz CT molecular complexity index is 558. The van der Waals surface area contributed by atoms with Crippen LogP contribution < -0.4 is 4.90 Å². The van der Waals surface area contributed by atoms with Crippen LogP contribution in [0.1, 0.15) is 24.8 Å². The van der Waals surface area contributed by atoms with E-state index >= 15 is 0 Å². The molecule has 21 heavy (non-hydrogen) atoms. The van der Waals surface area contributed by atoms with Gasteiger partial charge in [0.25, 0.3) is 0 Å². The van der Waals surface area contributed by atoms with Crippen molar-refractivity contribution in [1.82, 2.24) is 4.90 Å². The molecule has 1 saturated heterocycles. The molecule has 2 heterocycles. The molecule has 1 atom stereocenters. The molecule has 0 spiro atoms. The Morgan fingerprint density at radius 3 is 2.71 bits per heavy atom. The van der Waals surface area contributed by atoms with Gasteiger partial charge >= 0.3 is 12.0 Å². The Labute approximate surface area is 124 Å². The maximum absolute atomic E-state index is 12.7. The molecule has 3 rings (SSSR count). The Morgan fingerprint density at radius 2 is 1.95 bits per heavy atom. The summed E-state index contributed by atoms with van der Waals surface area (Å²) in [6.07, 6.45) is 3.61. The molecule has 0 aromatic heterocycles. The van der Waals surface area contributed by atoms with Crippen LogP contribution in [0.2, 0.25) is 0 Å². The molecule has 5 heteroatoms. The zero-order valence-corrected chi connectivity index (χ0v) is 12.0. The van der Waals surface area contributed by atoms with Crippen molar-refractivity contribution in [2.75, 3.05) is 24.5 Å². The van der Waals surface area contributed by atoms with E-state index in [0.717, 1.165) is 24.9 Å². The standard InChI is InChI=1S/C16H20N2O3/c19-15(20)13-8-10-17(11-13)16(21)18-9-4-3-6-12-5-1-2-7-14(12)18/h1-2,5,7,13H,3-4,6,8-11H2,(H,19,20). The number of carbonyl (C=O) groups is 2. The number of fused-ring (bicyclic) bond motifs is 1. The number of benzene rings is 1. The number of hydrogen-bond acceptors (Lipinski definition) is 2. The van der Waals surface area contributed by atoms with Crippen LogP contribution in [0.5, 0.6) is 0 Å². The summed E-state index contributed by atoms with van der Waals surface area (Å²) in [4.78, 5) is 27.3. The summed E-state index contributed by atoms with van der Waals surface area (Å²) in [6.45, 7) is 1.57. The molecule has 0 bridgehead atoms. The van der Waals surface area contributed by atoms with Crippen LogP contribution in [0.3, 0.4) is 0 Å². The maximum Gasteiger partial charge on any atom is 0.324 e. The number of likely N-dealkylation sites (tertiary alicyclic amines) is 1. The van der Waals surface area contributed by atoms with E-state index in [2.05, 4.69) is 6.07 Å². The monoisotopic (exact) mass is 288 g/mol. The molecule has 1 N–H and O–H groups in total. The first-order valence-electron chi connectivity index (χ1n) is 7.54. The second kappa shape index (κ2) is 5.76. The van der Waals surface area contributed by atoms with Crippen LogP contribution in [0.25, 0.3) is 0 Å². The average molecular weight is 288 g/mol. The molecule has 5 nitrogen and oxygen atoms in total. The van der Waals surface area contributed by atoms with Crippen LogP contribution in [0.15, 0.2) is 24.3 Å². The maximum atomic E-state index is 12.7. The summed E-state index contributed by atoms with van der Waals surface area (Å²) >= 11 is 0. The minimum atomic E-state index is -0.804. The SMILES string of the molecule is O=C(O)C1CCN(C(=O)N2CCCCc3ccccc32)C1. The van der Waals surface area contributed by atoms with Crippen molar-refractivity contribution in [3.8, 4) is 0 Å². The number of urea groups is 1. The fraction of sp³-hybridized carbons (Fsp3) is 0.500. The molecule has 2 aliphatic heterocycles. The first-order chi connectivity index (χ1) is 10.2. The first-order valence-corrected chi connectivity index (χ1v) is 7.54. The van der Waals surface area contributed by atoms with Gasteiger partial charge in [0.05, 0.1) is 5.92 Å².